The Bertz CT molecular complexity index is 667. The zero-order valence-electron chi connectivity index (χ0n) is 10.4. The third kappa shape index (κ3) is 3.40. The van der Waals surface area contributed by atoms with E-state index in [1.807, 2.05) is 30.3 Å². The second kappa shape index (κ2) is 6.90. The summed E-state index contributed by atoms with van der Waals surface area (Å²) < 4.78 is 12.7. The average Bonchev–Trinajstić information content (AvgIpc) is 2.47. The van der Waals surface area contributed by atoms with Crippen LogP contribution < -0.4 is 0 Å². The van der Waals surface area contributed by atoms with Gasteiger partial charge < -0.3 is 0 Å². The Kier molecular flexibility index (Phi) is 5.19. The summed E-state index contributed by atoms with van der Waals surface area (Å²) in [4.78, 5) is 0.461. The monoisotopic (exact) mass is 323 g/mol. The molecule has 0 aromatic heterocycles. The first-order valence-electron chi connectivity index (χ1n) is 5.91. The van der Waals surface area contributed by atoms with Crippen LogP contribution in [-0.4, -0.2) is 4.21 Å². The summed E-state index contributed by atoms with van der Waals surface area (Å²) in [5.41, 5.74) is 0.850. The average molecular weight is 324 g/mol. The maximum absolute atomic E-state index is 12.7. The molecular weight excluding hydrogens is 313 g/mol. The fourth-order valence-corrected chi connectivity index (χ4v) is 3.87. The van der Waals surface area contributed by atoms with Crippen molar-refractivity contribution in [2.75, 3.05) is 0 Å². The lowest BCUT2D eigenvalue weighted by atomic mass is 10.1. The van der Waals surface area contributed by atoms with Crippen LogP contribution >= 0.6 is 23.2 Å². The lowest BCUT2D eigenvalue weighted by molar-refractivity contribution is 0.672. The topological polar surface area (TPSA) is 40.9 Å². The molecule has 0 aliphatic carbocycles. The number of nitrogens with zero attached hydrogens (tertiary/aromatic N) is 1. The molecule has 5 heteroatoms. The SMILES string of the molecule is N#CCC(c1ccccc1)S(=O)c1cc(Cl)ccc1Cl. The van der Waals surface area contributed by atoms with E-state index in [2.05, 4.69) is 6.07 Å². The van der Waals surface area contributed by atoms with Crippen molar-refractivity contribution in [1.29, 1.82) is 5.26 Å². The third-order valence-corrected chi connectivity index (χ3v) is 5.22. The van der Waals surface area contributed by atoms with Crippen LogP contribution in [0.1, 0.15) is 17.2 Å². The van der Waals surface area contributed by atoms with Crippen molar-refractivity contribution in [3.05, 3.63) is 64.1 Å². The Morgan fingerprint density at radius 3 is 2.50 bits per heavy atom. The highest BCUT2D eigenvalue weighted by Gasteiger charge is 2.22. The van der Waals surface area contributed by atoms with Crippen molar-refractivity contribution in [2.24, 2.45) is 0 Å². The summed E-state index contributed by atoms with van der Waals surface area (Å²) in [7, 11) is -1.43. The molecule has 0 heterocycles. The van der Waals surface area contributed by atoms with Crippen molar-refractivity contribution in [3.63, 3.8) is 0 Å². The van der Waals surface area contributed by atoms with Gasteiger partial charge in [-0.1, -0.05) is 53.5 Å². The number of nitriles is 1. The normalized spacial score (nSPS) is 13.4. The maximum atomic E-state index is 12.7. The predicted molar refractivity (Wildman–Crippen MR) is 82.3 cm³/mol. The van der Waals surface area contributed by atoms with Gasteiger partial charge in [-0.3, -0.25) is 4.21 Å². The molecule has 0 amide bonds. The third-order valence-electron chi connectivity index (χ3n) is 2.82. The first-order valence-corrected chi connectivity index (χ1v) is 7.88. The highest BCUT2D eigenvalue weighted by Crippen LogP contribution is 2.33. The van der Waals surface area contributed by atoms with Gasteiger partial charge in [0.05, 0.1) is 38.5 Å². The lowest BCUT2D eigenvalue weighted by Gasteiger charge is -2.15. The van der Waals surface area contributed by atoms with Crippen LogP contribution in [0.3, 0.4) is 0 Å². The summed E-state index contributed by atoms with van der Waals surface area (Å²) in [6.07, 6.45) is 0.152. The van der Waals surface area contributed by atoms with Gasteiger partial charge in [-0.2, -0.15) is 5.26 Å². The highest BCUT2D eigenvalue weighted by molar-refractivity contribution is 7.85. The Morgan fingerprint density at radius 2 is 1.85 bits per heavy atom. The first kappa shape index (κ1) is 15.1. The fraction of sp³-hybridized carbons (Fsp3) is 0.133. The van der Waals surface area contributed by atoms with Crippen LogP contribution in [0, 0.1) is 11.3 Å². The lowest BCUT2D eigenvalue weighted by Crippen LogP contribution is -2.07. The molecule has 0 saturated carbocycles. The number of hydrogen-bond acceptors (Lipinski definition) is 2. The molecule has 102 valence electrons. The highest BCUT2D eigenvalue weighted by atomic mass is 35.5. The molecule has 0 aliphatic rings. The molecule has 2 atom stereocenters. The van der Waals surface area contributed by atoms with Gasteiger partial charge in [0.25, 0.3) is 0 Å². The van der Waals surface area contributed by atoms with E-state index in [1.54, 1.807) is 18.2 Å². The van der Waals surface area contributed by atoms with Gasteiger partial charge in [-0.25, -0.2) is 0 Å². The van der Waals surface area contributed by atoms with E-state index >= 15 is 0 Å². The van der Waals surface area contributed by atoms with Gasteiger partial charge in [0.2, 0.25) is 0 Å². The smallest absolute Gasteiger partial charge is 0.0774 e. The van der Waals surface area contributed by atoms with E-state index in [-0.39, 0.29) is 6.42 Å². The van der Waals surface area contributed by atoms with Crippen LogP contribution in [0.2, 0.25) is 10.0 Å². The first-order chi connectivity index (χ1) is 9.63. The Morgan fingerprint density at radius 1 is 1.15 bits per heavy atom. The van der Waals surface area contributed by atoms with E-state index in [9.17, 15) is 4.21 Å². The molecule has 2 unspecified atom stereocenters. The molecule has 0 fully saturated rings. The summed E-state index contributed by atoms with van der Waals surface area (Å²) in [6, 6.07) is 16.2. The zero-order valence-corrected chi connectivity index (χ0v) is 12.8. The fourth-order valence-electron chi connectivity index (χ4n) is 1.85. The number of hydrogen-bond donors (Lipinski definition) is 0. The van der Waals surface area contributed by atoms with Crippen molar-refractivity contribution >= 4 is 34.0 Å². The Hall–Kier alpha value is -1.34. The minimum atomic E-state index is -1.43. The Labute approximate surface area is 130 Å². The summed E-state index contributed by atoms with van der Waals surface area (Å²) in [5.74, 6) is 0. The van der Waals surface area contributed by atoms with E-state index in [4.69, 9.17) is 28.5 Å². The van der Waals surface area contributed by atoms with Gasteiger partial charge in [-0.15, -0.1) is 0 Å². The second-order valence-corrected chi connectivity index (χ2v) is 6.58. The van der Waals surface area contributed by atoms with Crippen LogP contribution in [0.4, 0.5) is 0 Å². The molecule has 2 aromatic carbocycles. The van der Waals surface area contributed by atoms with Crippen LogP contribution in [0.25, 0.3) is 0 Å². The standard InChI is InChI=1S/C15H11Cl2NOS/c16-12-6-7-13(17)15(10-12)20(19)14(8-9-18)11-4-2-1-3-5-11/h1-7,10,14H,8H2. The van der Waals surface area contributed by atoms with E-state index in [0.29, 0.717) is 14.9 Å². The van der Waals surface area contributed by atoms with E-state index < -0.39 is 16.0 Å². The van der Waals surface area contributed by atoms with Crippen LogP contribution in [0.15, 0.2) is 53.4 Å². The van der Waals surface area contributed by atoms with Crippen LogP contribution in [0.5, 0.6) is 0 Å². The number of benzene rings is 2. The van der Waals surface area contributed by atoms with Crippen molar-refractivity contribution in [1.82, 2.24) is 0 Å². The van der Waals surface area contributed by atoms with Gasteiger partial charge >= 0.3 is 0 Å². The second-order valence-electron chi connectivity index (χ2n) is 4.13. The summed E-state index contributed by atoms with van der Waals surface area (Å²) >= 11 is 12.0. The predicted octanol–water partition coefficient (Wildman–Crippen LogP) is 4.76. The van der Waals surface area contributed by atoms with Gasteiger partial charge in [-0.05, 0) is 23.8 Å². The zero-order chi connectivity index (χ0) is 14.5. The van der Waals surface area contributed by atoms with E-state index in [0.717, 1.165) is 5.56 Å². The molecule has 20 heavy (non-hydrogen) atoms. The molecular formula is C15H11Cl2NOS. The van der Waals surface area contributed by atoms with Gasteiger partial charge in [0.1, 0.15) is 0 Å². The molecule has 2 rings (SSSR count). The quantitative estimate of drug-likeness (QED) is 0.814. The van der Waals surface area contributed by atoms with Crippen molar-refractivity contribution < 1.29 is 4.21 Å². The molecule has 0 spiro atoms. The molecule has 2 aromatic rings. The van der Waals surface area contributed by atoms with Gasteiger partial charge in [0, 0.05) is 5.02 Å². The molecule has 0 bridgehead atoms. The summed E-state index contributed by atoms with van der Waals surface area (Å²) in [5, 5.41) is 9.42. The molecule has 2 nitrogen and oxygen atoms in total. The molecule has 0 saturated heterocycles. The summed E-state index contributed by atoms with van der Waals surface area (Å²) in [6.45, 7) is 0. The van der Waals surface area contributed by atoms with E-state index in [1.165, 1.54) is 0 Å². The van der Waals surface area contributed by atoms with Crippen molar-refractivity contribution in [2.45, 2.75) is 16.6 Å². The maximum Gasteiger partial charge on any atom is 0.0774 e. The minimum absolute atomic E-state index is 0.152. The Balaban J connectivity index is 2.42. The van der Waals surface area contributed by atoms with Crippen molar-refractivity contribution in [3.8, 4) is 6.07 Å². The van der Waals surface area contributed by atoms with Crippen LogP contribution in [-0.2, 0) is 10.8 Å². The molecule has 0 N–H and O–H groups in total. The number of halogens is 2. The minimum Gasteiger partial charge on any atom is -0.254 e. The number of rotatable bonds is 4. The molecule has 0 aliphatic heterocycles. The van der Waals surface area contributed by atoms with Gasteiger partial charge in [0.15, 0.2) is 0 Å². The largest absolute Gasteiger partial charge is 0.254 e. The molecule has 0 radical (unpaired) electrons.